The fraction of sp³-hybridized carbons (Fsp3) is 0.0476. The Kier molecular flexibility index (Phi) is 3.78. The topological polar surface area (TPSA) is 46.4 Å². The van der Waals surface area contributed by atoms with E-state index in [1.165, 1.54) is 0 Å². The maximum Gasteiger partial charge on any atom is 0.255 e. The minimum Gasteiger partial charge on any atom is -0.321 e. The number of hydrogen-bond donors (Lipinski definition) is 1. The quantitative estimate of drug-likeness (QED) is 0.599. The summed E-state index contributed by atoms with van der Waals surface area (Å²) in [4.78, 5) is 17.2. The van der Waals surface area contributed by atoms with E-state index in [2.05, 4.69) is 10.3 Å². The lowest BCUT2D eigenvalue weighted by Crippen LogP contribution is -2.12. The Balaban J connectivity index is 1.69. The first-order valence-electron chi connectivity index (χ1n) is 8.12. The van der Waals surface area contributed by atoms with Crippen LogP contribution >= 0.6 is 0 Å². The van der Waals surface area contributed by atoms with Crippen molar-refractivity contribution in [1.29, 1.82) is 0 Å². The number of anilines is 1. The van der Waals surface area contributed by atoms with Gasteiger partial charge < -0.3 is 9.72 Å². The molecule has 0 aliphatic rings. The number of amides is 1. The molecule has 0 saturated heterocycles. The second-order valence-electron chi connectivity index (χ2n) is 5.96. The number of nitrogens with one attached hydrogen (secondary N) is 1. The molecule has 4 rings (SSSR count). The number of pyridine rings is 1. The highest BCUT2D eigenvalue weighted by Crippen LogP contribution is 2.27. The van der Waals surface area contributed by atoms with Crippen LogP contribution in [0.5, 0.6) is 0 Å². The summed E-state index contributed by atoms with van der Waals surface area (Å²) in [5.74, 6) is -0.129. The van der Waals surface area contributed by atoms with Gasteiger partial charge in [-0.15, -0.1) is 0 Å². The summed E-state index contributed by atoms with van der Waals surface area (Å²) in [6.07, 6.45) is 3.92. The van der Waals surface area contributed by atoms with Gasteiger partial charge in [0.25, 0.3) is 5.91 Å². The van der Waals surface area contributed by atoms with Crippen molar-refractivity contribution in [2.75, 3.05) is 5.32 Å². The van der Waals surface area contributed by atoms with Crippen molar-refractivity contribution < 1.29 is 4.79 Å². The summed E-state index contributed by atoms with van der Waals surface area (Å²) in [6, 6.07) is 21.1. The van der Waals surface area contributed by atoms with Crippen molar-refractivity contribution >= 4 is 17.2 Å². The molecule has 0 radical (unpaired) electrons. The van der Waals surface area contributed by atoms with Crippen LogP contribution in [0.1, 0.15) is 15.9 Å². The number of imidazole rings is 1. The lowest BCUT2D eigenvalue weighted by molar-refractivity contribution is 0.102. The molecule has 0 unspecified atom stereocenters. The molecular formula is C21H17N3O. The number of para-hydroxylation sites is 1. The molecule has 0 aliphatic heterocycles. The number of aryl methyl sites for hydroxylation is 1. The van der Waals surface area contributed by atoms with E-state index in [-0.39, 0.29) is 5.91 Å². The van der Waals surface area contributed by atoms with Crippen LogP contribution in [0.2, 0.25) is 0 Å². The predicted octanol–water partition coefficient (Wildman–Crippen LogP) is 4.56. The van der Waals surface area contributed by atoms with Gasteiger partial charge in [0, 0.05) is 23.5 Å². The second-order valence-corrected chi connectivity index (χ2v) is 5.96. The molecule has 2 heterocycles. The monoisotopic (exact) mass is 327 g/mol. The van der Waals surface area contributed by atoms with E-state index in [9.17, 15) is 4.79 Å². The van der Waals surface area contributed by atoms with Crippen molar-refractivity contribution in [2.45, 2.75) is 6.92 Å². The Morgan fingerprint density at radius 1 is 0.960 bits per heavy atom. The van der Waals surface area contributed by atoms with Gasteiger partial charge in [-0.25, -0.2) is 4.98 Å². The number of fused-ring (bicyclic) bond motifs is 1. The molecule has 4 heteroatoms. The summed E-state index contributed by atoms with van der Waals surface area (Å²) >= 11 is 0. The normalized spacial score (nSPS) is 10.8. The van der Waals surface area contributed by atoms with E-state index in [0.29, 0.717) is 5.56 Å². The van der Waals surface area contributed by atoms with Crippen molar-refractivity contribution in [1.82, 2.24) is 9.38 Å². The highest BCUT2D eigenvalue weighted by molar-refractivity contribution is 6.06. The molecule has 0 saturated carbocycles. The van der Waals surface area contributed by atoms with Crippen LogP contribution < -0.4 is 5.32 Å². The summed E-state index contributed by atoms with van der Waals surface area (Å²) in [5.41, 5.74) is 5.10. The predicted molar refractivity (Wildman–Crippen MR) is 99.8 cm³/mol. The Hall–Kier alpha value is -3.40. The Labute approximate surface area is 145 Å². The number of rotatable bonds is 3. The molecule has 4 aromatic rings. The molecule has 1 N–H and O–H groups in total. The lowest BCUT2D eigenvalue weighted by atomic mass is 10.1. The third-order valence-corrected chi connectivity index (χ3v) is 4.13. The van der Waals surface area contributed by atoms with E-state index in [1.807, 2.05) is 90.4 Å². The molecule has 4 nitrogen and oxygen atoms in total. The third kappa shape index (κ3) is 3.02. The number of carbonyl (C=O) groups is 1. The van der Waals surface area contributed by atoms with Crippen LogP contribution in [0.4, 0.5) is 5.69 Å². The van der Waals surface area contributed by atoms with Gasteiger partial charge in [0.2, 0.25) is 0 Å². The van der Waals surface area contributed by atoms with E-state index in [1.54, 1.807) is 0 Å². The van der Waals surface area contributed by atoms with E-state index in [0.717, 1.165) is 28.2 Å². The maximum atomic E-state index is 12.5. The minimum atomic E-state index is -0.129. The number of benzene rings is 2. The van der Waals surface area contributed by atoms with Crippen LogP contribution in [0.25, 0.3) is 16.9 Å². The highest BCUT2D eigenvalue weighted by Gasteiger charge is 2.12. The molecule has 0 atom stereocenters. The van der Waals surface area contributed by atoms with Gasteiger partial charge >= 0.3 is 0 Å². The summed E-state index contributed by atoms with van der Waals surface area (Å²) in [7, 11) is 0. The number of nitrogens with zero attached hydrogens (tertiary/aromatic N) is 2. The molecule has 0 fully saturated rings. The van der Waals surface area contributed by atoms with Gasteiger partial charge in [-0.05, 0) is 37.3 Å². The van der Waals surface area contributed by atoms with Gasteiger partial charge in [-0.1, -0.05) is 42.0 Å². The van der Waals surface area contributed by atoms with E-state index < -0.39 is 0 Å². The maximum absolute atomic E-state index is 12.5. The first-order chi connectivity index (χ1) is 12.2. The molecule has 0 bridgehead atoms. The van der Waals surface area contributed by atoms with E-state index >= 15 is 0 Å². The zero-order valence-electron chi connectivity index (χ0n) is 13.8. The zero-order chi connectivity index (χ0) is 17.2. The van der Waals surface area contributed by atoms with Gasteiger partial charge in [-0.2, -0.15) is 0 Å². The van der Waals surface area contributed by atoms with Gasteiger partial charge in [-0.3, -0.25) is 4.79 Å². The average molecular weight is 327 g/mol. The van der Waals surface area contributed by atoms with Crippen molar-refractivity contribution in [3.63, 3.8) is 0 Å². The summed E-state index contributed by atoms with van der Waals surface area (Å²) in [5, 5.41) is 3.00. The van der Waals surface area contributed by atoms with Crippen LogP contribution in [-0.4, -0.2) is 15.3 Å². The van der Waals surface area contributed by atoms with E-state index in [4.69, 9.17) is 0 Å². The summed E-state index contributed by atoms with van der Waals surface area (Å²) in [6.45, 7) is 2.00. The first-order valence-corrected chi connectivity index (χ1v) is 8.12. The fourth-order valence-electron chi connectivity index (χ4n) is 2.78. The van der Waals surface area contributed by atoms with Crippen molar-refractivity contribution in [2.24, 2.45) is 0 Å². The number of hydrogen-bond acceptors (Lipinski definition) is 2. The molecule has 0 spiro atoms. The zero-order valence-corrected chi connectivity index (χ0v) is 13.8. The fourth-order valence-corrected chi connectivity index (χ4v) is 2.78. The second kappa shape index (κ2) is 6.24. The molecule has 25 heavy (non-hydrogen) atoms. The molecule has 2 aromatic heterocycles. The first kappa shape index (κ1) is 15.1. The third-order valence-electron chi connectivity index (χ3n) is 4.13. The summed E-state index contributed by atoms with van der Waals surface area (Å²) < 4.78 is 1.97. The SMILES string of the molecule is Cc1ccc(C(=O)Nc2ccccc2-c2cn3ccccc3n2)cc1. The van der Waals surface area contributed by atoms with Gasteiger partial charge in [0.1, 0.15) is 5.65 Å². The van der Waals surface area contributed by atoms with Crippen LogP contribution in [0.15, 0.2) is 79.1 Å². The molecule has 2 aromatic carbocycles. The van der Waals surface area contributed by atoms with Crippen LogP contribution in [0, 0.1) is 6.92 Å². The van der Waals surface area contributed by atoms with Gasteiger partial charge in [0.15, 0.2) is 0 Å². The largest absolute Gasteiger partial charge is 0.321 e. The van der Waals surface area contributed by atoms with Crippen molar-refractivity contribution in [3.05, 3.63) is 90.3 Å². The van der Waals surface area contributed by atoms with Gasteiger partial charge in [0.05, 0.1) is 11.4 Å². The molecule has 122 valence electrons. The standard InChI is InChI=1S/C21H17N3O/c1-15-9-11-16(12-10-15)21(25)23-18-7-3-2-6-17(18)19-14-24-13-5-4-8-20(24)22-19/h2-14H,1H3,(H,23,25). The number of aromatic nitrogens is 2. The highest BCUT2D eigenvalue weighted by atomic mass is 16.1. The Morgan fingerprint density at radius 2 is 1.72 bits per heavy atom. The van der Waals surface area contributed by atoms with Crippen molar-refractivity contribution in [3.8, 4) is 11.3 Å². The van der Waals surface area contributed by atoms with Crippen LogP contribution in [-0.2, 0) is 0 Å². The smallest absolute Gasteiger partial charge is 0.255 e. The Bertz CT molecular complexity index is 1020. The average Bonchev–Trinajstić information content (AvgIpc) is 3.06. The minimum absolute atomic E-state index is 0.129. The number of carbonyl (C=O) groups excluding carboxylic acids is 1. The molecular weight excluding hydrogens is 310 g/mol. The lowest BCUT2D eigenvalue weighted by Gasteiger charge is -2.09. The molecule has 0 aliphatic carbocycles. The molecule has 1 amide bonds. The van der Waals surface area contributed by atoms with Crippen LogP contribution in [0.3, 0.4) is 0 Å². The Morgan fingerprint density at radius 3 is 2.52 bits per heavy atom.